The molecular weight excluding hydrogens is 306 g/mol. The van der Waals surface area contributed by atoms with Crippen molar-refractivity contribution in [3.05, 3.63) is 65.2 Å². The van der Waals surface area contributed by atoms with Crippen molar-refractivity contribution in [3.63, 3.8) is 0 Å². The van der Waals surface area contributed by atoms with Crippen molar-refractivity contribution in [2.45, 2.75) is 25.3 Å². The number of carbonyl (C=O) groups is 2. The zero-order chi connectivity index (χ0) is 16.9. The van der Waals surface area contributed by atoms with Crippen LogP contribution in [0.1, 0.15) is 40.4 Å². The summed E-state index contributed by atoms with van der Waals surface area (Å²) < 4.78 is 5.40. The van der Waals surface area contributed by atoms with Gasteiger partial charge in [-0.2, -0.15) is 0 Å². The third-order valence-corrected chi connectivity index (χ3v) is 4.18. The minimum atomic E-state index is -1.08. The third kappa shape index (κ3) is 3.56. The molecule has 0 fully saturated rings. The quantitative estimate of drug-likeness (QED) is 0.886. The van der Waals surface area contributed by atoms with Crippen LogP contribution in [0.2, 0.25) is 0 Å². The summed E-state index contributed by atoms with van der Waals surface area (Å²) >= 11 is 0. The number of nitrogens with one attached hydrogen (secondary N) is 1. The molecule has 1 aliphatic rings. The van der Waals surface area contributed by atoms with E-state index >= 15 is 0 Å². The molecule has 5 heteroatoms. The number of hydrogen-bond donors (Lipinski definition) is 2. The second kappa shape index (κ2) is 7.17. The maximum absolute atomic E-state index is 12.2. The minimum Gasteiger partial charge on any atom is -0.483 e. The molecule has 1 amide bonds. The van der Waals surface area contributed by atoms with Crippen LogP contribution in [-0.2, 0) is 11.2 Å². The van der Waals surface area contributed by atoms with Crippen LogP contribution in [0.15, 0.2) is 48.5 Å². The van der Waals surface area contributed by atoms with E-state index in [-0.39, 0.29) is 29.9 Å². The Balaban J connectivity index is 1.62. The molecule has 0 heterocycles. The lowest BCUT2D eigenvalue weighted by Gasteiger charge is -2.26. The fourth-order valence-corrected chi connectivity index (χ4v) is 3.05. The smallest absolute Gasteiger partial charge is 0.339 e. The number of carbonyl (C=O) groups excluding carboxylic acids is 1. The highest BCUT2D eigenvalue weighted by Crippen LogP contribution is 2.29. The molecular formula is C19H19NO4. The van der Waals surface area contributed by atoms with Crippen molar-refractivity contribution in [3.8, 4) is 5.75 Å². The highest BCUT2D eigenvalue weighted by molar-refractivity contribution is 5.91. The number of para-hydroxylation sites is 1. The van der Waals surface area contributed by atoms with Crippen LogP contribution < -0.4 is 10.1 Å². The number of benzene rings is 2. The fraction of sp³-hybridized carbons (Fsp3) is 0.263. The van der Waals surface area contributed by atoms with Crippen LogP contribution in [-0.4, -0.2) is 23.6 Å². The van der Waals surface area contributed by atoms with Crippen molar-refractivity contribution in [2.24, 2.45) is 0 Å². The summed E-state index contributed by atoms with van der Waals surface area (Å²) in [6.45, 7) is -0.205. The van der Waals surface area contributed by atoms with Gasteiger partial charge in [-0.1, -0.05) is 36.4 Å². The number of carboxylic acid groups (broad SMARTS) is 1. The average molecular weight is 325 g/mol. The van der Waals surface area contributed by atoms with E-state index in [4.69, 9.17) is 9.84 Å². The van der Waals surface area contributed by atoms with Crippen molar-refractivity contribution < 1.29 is 19.4 Å². The normalized spacial score (nSPS) is 16.1. The first kappa shape index (κ1) is 16.1. The molecule has 2 aromatic carbocycles. The van der Waals surface area contributed by atoms with Crippen LogP contribution >= 0.6 is 0 Å². The molecule has 0 radical (unpaired) electrons. The molecule has 0 saturated carbocycles. The molecule has 1 atom stereocenters. The Morgan fingerprint density at radius 3 is 2.71 bits per heavy atom. The second-order valence-corrected chi connectivity index (χ2v) is 5.80. The number of fused-ring (bicyclic) bond motifs is 1. The zero-order valence-electron chi connectivity index (χ0n) is 13.2. The topological polar surface area (TPSA) is 75.6 Å². The van der Waals surface area contributed by atoms with Crippen molar-refractivity contribution in [1.82, 2.24) is 5.32 Å². The second-order valence-electron chi connectivity index (χ2n) is 5.80. The molecule has 0 aromatic heterocycles. The van der Waals surface area contributed by atoms with Gasteiger partial charge in [0, 0.05) is 0 Å². The van der Waals surface area contributed by atoms with E-state index in [0.29, 0.717) is 0 Å². The van der Waals surface area contributed by atoms with Gasteiger partial charge in [0.25, 0.3) is 5.91 Å². The lowest BCUT2D eigenvalue weighted by Crippen LogP contribution is -2.34. The maximum Gasteiger partial charge on any atom is 0.339 e. The minimum absolute atomic E-state index is 0.0132. The molecule has 3 rings (SSSR count). The van der Waals surface area contributed by atoms with Crippen molar-refractivity contribution >= 4 is 11.9 Å². The molecule has 0 aliphatic heterocycles. The number of hydrogen-bond acceptors (Lipinski definition) is 3. The highest BCUT2D eigenvalue weighted by Gasteiger charge is 2.21. The van der Waals surface area contributed by atoms with E-state index in [2.05, 4.69) is 11.4 Å². The molecule has 2 aromatic rings. The van der Waals surface area contributed by atoms with Crippen molar-refractivity contribution in [2.75, 3.05) is 6.61 Å². The Labute approximate surface area is 140 Å². The Hall–Kier alpha value is -2.82. The number of rotatable bonds is 5. The lowest BCUT2D eigenvalue weighted by molar-refractivity contribution is -0.124. The summed E-state index contributed by atoms with van der Waals surface area (Å²) in [7, 11) is 0. The largest absolute Gasteiger partial charge is 0.483 e. The Bertz CT molecular complexity index is 757. The monoisotopic (exact) mass is 325 g/mol. The van der Waals surface area contributed by atoms with Gasteiger partial charge in [-0.05, 0) is 42.5 Å². The summed E-state index contributed by atoms with van der Waals surface area (Å²) in [6.07, 6.45) is 2.96. The first-order valence-corrected chi connectivity index (χ1v) is 7.97. The molecule has 5 nitrogen and oxygen atoms in total. The molecule has 124 valence electrons. The number of ether oxygens (including phenoxy) is 1. The van der Waals surface area contributed by atoms with E-state index in [1.54, 1.807) is 18.2 Å². The highest BCUT2D eigenvalue weighted by atomic mass is 16.5. The number of aryl methyl sites for hydroxylation is 1. The zero-order valence-corrected chi connectivity index (χ0v) is 13.2. The Kier molecular flexibility index (Phi) is 4.79. The predicted octanol–water partition coefficient (Wildman–Crippen LogP) is 2.96. The first-order valence-electron chi connectivity index (χ1n) is 7.97. The Morgan fingerprint density at radius 1 is 1.12 bits per heavy atom. The lowest BCUT2D eigenvalue weighted by atomic mass is 9.88. The van der Waals surface area contributed by atoms with Crippen molar-refractivity contribution in [1.29, 1.82) is 0 Å². The number of carboxylic acids is 1. The standard InChI is InChI=1S/C19H19NO4/c21-18(12-24-17-11-4-3-9-15(17)19(22)23)20-16-10-5-7-13-6-1-2-8-14(13)16/h1-4,6,8-9,11,16H,5,7,10,12H2,(H,20,21)(H,22,23). The van der Waals surface area contributed by atoms with Crippen LogP contribution in [0, 0.1) is 0 Å². The van der Waals surface area contributed by atoms with Gasteiger partial charge in [-0.25, -0.2) is 4.79 Å². The van der Waals surface area contributed by atoms with Crippen LogP contribution in [0.25, 0.3) is 0 Å². The van der Waals surface area contributed by atoms with E-state index in [9.17, 15) is 9.59 Å². The summed E-state index contributed by atoms with van der Waals surface area (Å²) in [5.74, 6) is -1.13. The molecule has 2 N–H and O–H groups in total. The summed E-state index contributed by atoms with van der Waals surface area (Å²) in [5.41, 5.74) is 2.47. The molecule has 1 aliphatic carbocycles. The molecule has 24 heavy (non-hydrogen) atoms. The SMILES string of the molecule is O=C(COc1ccccc1C(=O)O)NC1CCCc2ccccc21. The summed E-state index contributed by atoms with van der Waals surface area (Å²) in [4.78, 5) is 23.3. The molecule has 0 saturated heterocycles. The fourth-order valence-electron chi connectivity index (χ4n) is 3.05. The van der Waals surface area contributed by atoms with E-state index < -0.39 is 5.97 Å². The van der Waals surface area contributed by atoms with Crippen LogP contribution in [0.3, 0.4) is 0 Å². The van der Waals surface area contributed by atoms with Gasteiger partial charge < -0.3 is 15.2 Å². The van der Waals surface area contributed by atoms with E-state index in [1.807, 2.05) is 18.2 Å². The van der Waals surface area contributed by atoms with Crippen LogP contribution in [0.5, 0.6) is 5.75 Å². The van der Waals surface area contributed by atoms with Gasteiger partial charge in [0.05, 0.1) is 6.04 Å². The predicted molar refractivity (Wildman–Crippen MR) is 89.2 cm³/mol. The van der Waals surface area contributed by atoms with Gasteiger partial charge in [-0.3, -0.25) is 4.79 Å². The van der Waals surface area contributed by atoms with Gasteiger partial charge >= 0.3 is 5.97 Å². The van der Waals surface area contributed by atoms with E-state index in [1.165, 1.54) is 11.6 Å². The number of amides is 1. The third-order valence-electron chi connectivity index (χ3n) is 4.18. The van der Waals surface area contributed by atoms with Gasteiger partial charge in [0.1, 0.15) is 11.3 Å². The molecule has 0 bridgehead atoms. The molecule has 0 spiro atoms. The molecule has 1 unspecified atom stereocenters. The van der Waals surface area contributed by atoms with Gasteiger partial charge in [0.15, 0.2) is 6.61 Å². The summed E-state index contributed by atoms with van der Waals surface area (Å²) in [6, 6.07) is 14.4. The first-order chi connectivity index (χ1) is 11.6. The van der Waals surface area contributed by atoms with Gasteiger partial charge in [0.2, 0.25) is 0 Å². The maximum atomic E-state index is 12.2. The van der Waals surface area contributed by atoms with Gasteiger partial charge in [-0.15, -0.1) is 0 Å². The average Bonchev–Trinajstić information content (AvgIpc) is 2.60. The Morgan fingerprint density at radius 2 is 1.88 bits per heavy atom. The van der Waals surface area contributed by atoms with Crippen LogP contribution in [0.4, 0.5) is 0 Å². The van der Waals surface area contributed by atoms with E-state index in [0.717, 1.165) is 24.8 Å². The summed E-state index contributed by atoms with van der Waals surface area (Å²) in [5, 5.41) is 12.1. The number of aromatic carboxylic acids is 1.